The zero-order chi connectivity index (χ0) is 16.6. The number of aromatic nitrogens is 3. The molecule has 0 bridgehead atoms. The minimum atomic E-state index is -1.09. The second-order valence-corrected chi connectivity index (χ2v) is 5.44. The Morgan fingerprint density at radius 2 is 2.09 bits per heavy atom. The van der Waals surface area contributed by atoms with E-state index >= 15 is 0 Å². The fourth-order valence-electron chi connectivity index (χ4n) is 2.86. The van der Waals surface area contributed by atoms with Crippen molar-refractivity contribution < 1.29 is 19.4 Å². The number of nitrogen functional groups attached to an aromatic ring is 1. The van der Waals surface area contributed by atoms with E-state index in [-0.39, 0.29) is 29.0 Å². The molecule has 2 aromatic rings. The number of piperidine rings is 1. The van der Waals surface area contributed by atoms with E-state index in [9.17, 15) is 14.7 Å². The first kappa shape index (κ1) is 15.1. The molecule has 122 valence electrons. The van der Waals surface area contributed by atoms with Crippen LogP contribution in [0.25, 0.3) is 5.65 Å². The lowest BCUT2D eigenvalue weighted by Gasteiger charge is -2.32. The number of carboxylic acid groups (broad SMARTS) is 1. The van der Waals surface area contributed by atoms with Gasteiger partial charge in [0.05, 0.1) is 24.9 Å². The third kappa shape index (κ3) is 2.77. The zero-order valence-electron chi connectivity index (χ0n) is 12.6. The minimum absolute atomic E-state index is 0.0223. The number of aromatic carboxylic acids is 1. The third-order valence-corrected chi connectivity index (χ3v) is 4.06. The van der Waals surface area contributed by atoms with Crippen molar-refractivity contribution in [1.29, 1.82) is 0 Å². The predicted molar refractivity (Wildman–Crippen MR) is 81.3 cm³/mol. The Kier molecular flexibility index (Phi) is 3.77. The lowest BCUT2D eigenvalue weighted by Crippen LogP contribution is -2.37. The van der Waals surface area contributed by atoms with Crippen molar-refractivity contribution in [3.8, 4) is 0 Å². The Bertz CT molecular complexity index is 764. The van der Waals surface area contributed by atoms with E-state index in [4.69, 9.17) is 10.5 Å². The highest BCUT2D eigenvalue weighted by Crippen LogP contribution is 2.26. The molecule has 0 radical (unpaired) electrons. The summed E-state index contributed by atoms with van der Waals surface area (Å²) < 4.78 is 6.15. The van der Waals surface area contributed by atoms with Crippen LogP contribution in [-0.2, 0) is 9.53 Å². The molecule has 0 atom stereocenters. The number of carbonyl (C=O) groups excluding carboxylic acids is 1. The van der Waals surface area contributed by atoms with Gasteiger partial charge in [-0.1, -0.05) is 0 Å². The Labute approximate surface area is 131 Å². The maximum atomic E-state index is 11.6. The summed E-state index contributed by atoms with van der Waals surface area (Å²) >= 11 is 0. The van der Waals surface area contributed by atoms with Gasteiger partial charge in [-0.05, 0) is 18.9 Å². The van der Waals surface area contributed by atoms with Crippen molar-refractivity contribution in [2.75, 3.05) is 30.8 Å². The number of rotatable bonds is 3. The smallest absolute Gasteiger partial charge is 0.339 e. The molecule has 1 saturated heterocycles. The largest absolute Gasteiger partial charge is 0.478 e. The normalized spacial score (nSPS) is 15.8. The number of ether oxygens (including phenoxy) is 1. The summed E-state index contributed by atoms with van der Waals surface area (Å²) in [6.45, 7) is 1.27. The monoisotopic (exact) mass is 319 g/mol. The zero-order valence-corrected chi connectivity index (χ0v) is 12.6. The molecule has 3 heterocycles. The van der Waals surface area contributed by atoms with Crippen LogP contribution >= 0.6 is 0 Å². The number of fused-ring (bicyclic) bond motifs is 1. The molecule has 0 aliphatic carbocycles. The molecule has 0 saturated carbocycles. The summed E-state index contributed by atoms with van der Waals surface area (Å²) in [6, 6.07) is 1.56. The van der Waals surface area contributed by atoms with E-state index in [0.29, 0.717) is 31.6 Å². The number of hydrogen-bond acceptors (Lipinski definition) is 7. The number of carbonyl (C=O) groups is 2. The Balaban J connectivity index is 1.89. The molecule has 0 spiro atoms. The fourth-order valence-corrected chi connectivity index (χ4v) is 2.86. The van der Waals surface area contributed by atoms with Gasteiger partial charge >= 0.3 is 11.9 Å². The first-order chi connectivity index (χ1) is 11.0. The SMILES string of the molecule is COC(=O)C1CCN(c2cc(C(=O)O)c3nc(N)nn3c2)CC1. The molecule has 1 aliphatic rings. The van der Waals surface area contributed by atoms with Gasteiger partial charge in [-0.2, -0.15) is 4.98 Å². The van der Waals surface area contributed by atoms with Crippen LogP contribution < -0.4 is 10.6 Å². The van der Waals surface area contributed by atoms with E-state index in [2.05, 4.69) is 10.1 Å². The Hall–Kier alpha value is -2.84. The van der Waals surface area contributed by atoms with Crippen LogP contribution in [-0.4, -0.2) is 51.8 Å². The first-order valence-corrected chi connectivity index (χ1v) is 7.21. The van der Waals surface area contributed by atoms with Crippen molar-refractivity contribution in [2.24, 2.45) is 5.92 Å². The molecular weight excluding hydrogens is 302 g/mol. The quantitative estimate of drug-likeness (QED) is 0.779. The van der Waals surface area contributed by atoms with Crippen molar-refractivity contribution in [3.63, 3.8) is 0 Å². The highest BCUT2D eigenvalue weighted by atomic mass is 16.5. The lowest BCUT2D eigenvalue weighted by molar-refractivity contribution is -0.146. The number of nitrogens with two attached hydrogens (primary N) is 1. The van der Waals surface area contributed by atoms with Crippen LogP contribution in [0.3, 0.4) is 0 Å². The van der Waals surface area contributed by atoms with Crippen LogP contribution in [0.5, 0.6) is 0 Å². The Morgan fingerprint density at radius 3 is 2.70 bits per heavy atom. The summed E-state index contributed by atoms with van der Waals surface area (Å²) in [5, 5.41) is 13.3. The average molecular weight is 319 g/mol. The Morgan fingerprint density at radius 1 is 1.39 bits per heavy atom. The number of pyridine rings is 1. The molecule has 1 aliphatic heterocycles. The van der Waals surface area contributed by atoms with Crippen LogP contribution in [0.15, 0.2) is 12.3 Å². The van der Waals surface area contributed by atoms with Gasteiger partial charge in [-0.15, -0.1) is 5.10 Å². The van der Waals surface area contributed by atoms with Crippen LogP contribution in [0, 0.1) is 5.92 Å². The first-order valence-electron chi connectivity index (χ1n) is 7.21. The van der Waals surface area contributed by atoms with Gasteiger partial charge in [0.15, 0.2) is 5.65 Å². The van der Waals surface area contributed by atoms with Crippen LogP contribution in [0.4, 0.5) is 11.6 Å². The van der Waals surface area contributed by atoms with Gasteiger partial charge in [-0.25, -0.2) is 9.31 Å². The van der Waals surface area contributed by atoms with Gasteiger partial charge in [0, 0.05) is 13.1 Å². The molecule has 1 fully saturated rings. The van der Waals surface area contributed by atoms with Crippen LogP contribution in [0.2, 0.25) is 0 Å². The van der Waals surface area contributed by atoms with Crippen molar-refractivity contribution in [1.82, 2.24) is 14.6 Å². The van der Waals surface area contributed by atoms with E-state index < -0.39 is 5.97 Å². The number of anilines is 2. The molecule has 0 aromatic carbocycles. The molecule has 3 N–H and O–H groups in total. The van der Waals surface area contributed by atoms with Crippen LogP contribution in [0.1, 0.15) is 23.2 Å². The van der Waals surface area contributed by atoms with Crippen molar-refractivity contribution in [2.45, 2.75) is 12.8 Å². The number of methoxy groups -OCH3 is 1. The number of hydrogen-bond donors (Lipinski definition) is 2. The highest BCUT2D eigenvalue weighted by molar-refractivity contribution is 5.95. The molecular formula is C14H17N5O4. The fraction of sp³-hybridized carbons (Fsp3) is 0.429. The standard InChI is InChI=1S/C14H17N5O4/c1-23-13(22)8-2-4-18(5-3-8)9-6-10(12(20)21)11-16-14(15)17-19(11)7-9/h6-8H,2-5H2,1H3,(H2,15,17)(H,20,21). The lowest BCUT2D eigenvalue weighted by atomic mass is 9.96. The summed E-state index contributed by atoms with van der Waals surface area (Å²) in [5.74, 6) is -1.38. The second-order valence-electron chi connectivity index (χ2n) is 5.44. The summed E-state index contributed by atoms with van der Waals surface area (Å²) in [4.78, 5) is 29.0. The number of nitrogens with zero attached hydrogens (tertiary/aromatic N) is 4. The summed E-state index contributed by atoms with van der Waals surface area (Å²) in [6.07, 6.45) is 3.02. The molecule has 0 unspecified atom stereocenters. The molecule has 23 heavy (non-hydrogen) atoms. The van der Waals surface area contributed by atoms with Gasteiger partial charge in [0.2, 0.25) is 5.95 Å². The number of esters is 1. The summed E-state index contributed by atoms with van der Waals surface area (Å²) in [5.41, 5.74) is 6.52. The van der Waals surface area contributed by atoms with Gasteiger partial charge in [0.25, 0.3) is 0 Å². The van der Waals surface area contributed by atoms with Crippen molar-refractivity contribution >= 4 is 29.2 Å². The maximum absolute atomic E-state index is 11.6. The minimum Gasteiger partial charge on any atom is -0.478 e. The summed E-state index contributed by atoms with van der Waals surface area (Å²) in [7, 11) is 1.39. The molecule has 2 aromatic heterocycles. The van der Waals surface area contributed by atoms with Gasteiger partial charge < -0.3 is 20.5 Å². The molecule has 0 amide bonds. The maximum Gasteiger partial charge on any atom is 0.339 e. The number of carboxylic acids is 1. The van der Waals surface area contributed by atoms with E-state index in [1.165, 1.54) is 11.6 Å². The van der Waals surface area contributed by atoms with E-state index in [0.717, 1.165) is 0 Å². The molecule has 3 rings (SSSR count). The third-order valence-electron chi connectivity index (χ3n) is 4.06. The van der Waals surface area contributed by atoms with E-state index in [1.54, 1.807) is 12.3 Å². The van der Waals surface area contributed by atoms with Gasteiger partial charge in [-0.3, -0.25) is 4.79 Å². The topological polar surface area (TPSA) is 123 Å². The molecule has 9 nitrogen and oxygen atoms in total. The van der Waals surface area contributed by atoms with Gasteiger partial charge in [0.1, 0.15) is 5.56 Å². The second kappa shape index (κ2) is 5.75. The predicted octanol–water partition coefficient (Wildman–Crippen LogP) is 0.399. The molecule has 9 heteroatoms. The highest BCUT2D eigenvalue weighted by Gasteiger charge is 2.26. The average Bonchev–Trinajstić information content (AvgIpc) is 2.93. The van der Waals surface area contributed by atoms with E-state index in [1.807, 2.05) is 4.90 Å². The van der Waals surface area contributed by atoms with Crippen molar-refractivity contribution in [3.05, 3.63) is 17.8 Å².